The van der Waals surface area contributed by atoms with Crippen molar-refractivity contribution in [3.63, 3.8) is 0 Å². The lowest BCUT2D eigenvalue weighted by Crippen LogP contribution is -2.44. The van der Waals surface area contributed by atoms with Crippen molar-refractivity contribution in [1.82, 2.24) is 4.90 Å². The molecule has 6 nitrogen and oxygen atoms in total. The minimum Gasteiger partial charge on any atom is -0.460 e. The fourth-order valence-corrected chi connectivity index (χ4v) is 4.99. The van der Waals surface area contributed by atoms with E-state index >= 15 is 0 Å². The van der Waals surface area contributed by atoms with Crippen LogP contribution in [0.5, 0.6) is 0 Å². The van der Waals surface area contributed by atoms with Gasteiger partial charge in [-0.05, 0) is 45.1 Å². The first kappa shape index (κ1) is 25.3. The lowest BCUT2D eigenvalue weighted by molar-refractivity contribution is -0.158. The van der Waals surface area contributed by atoms with Crippen LogP contribution in [0.1, 0.15) is 84.1 Å². The summed E-state index contributed by atoms with van der Waals surface area (Å²) in [7, 11) is 0. The standard InChI is InChI=1S/C27H39NO5/c1-27(2,3)33-24(29)18-22(16-10-15-20-11-6-4-7-12-20)25(30)28-23(19-32-26(28)31)17-21-13-8-5-9-14-21/h5,8-9,13-14,20,22-23H,4,6-7,10-12,15-19H2,1-3H3/t22-,23+/m1/s1. The van der Waals surface area contributed by atoms with Gasteiger partial charge in [0.05, 0.1) is 12.5 Å². The highest BCUT2D eigenvalue weighted by molar-refractivity contribution is 5.96. The van der Waals surface area contributed by atoms with Gasteiger partial charge in [-0.3, -0.25) is 9.59 Å². The lowest BCUT2D eigenvalue weighted by atomic mass is 9.84. The predicted octanol–water partition coefficient (Wildman–Crippen LogP) is 5.68. The van der Waals surface area contributed by atoms with E-state index in [0.29, 0.717) is 18.8 Å². The summed E-state index contributed by atoms with van der Waals surface area (Å²) in [6, 6.07) is 9.42. The van der Waals surface area contributed by atoms with Gasteiger partial charge in [0.2, 0.25) is 5.91 Å². The summed E-state index contributed by atoms with van der Waals surface area (Å²) >= 11 is 0. The fraction of sp³-hybridized carbons (Fsp3) is 0.667. The van der Waals surface area contributed by atoms with Gasteiger partial charge in [0.25, 0.3) is 0 Å². The molecule has 2 amide bonds. The zero-order valence-electron chi connectivity index (χ0n) is 20.4. The first-order chi connectivity index (χ1) is 15.7. The molecule has 0 spiro atoms. The normalized spacial score (nSPS) is 20.4. The quantitative estimate of drug-likeness (QED) is 0.446. The molecule has 1 heterocycles. The van der Waals surface area contributed by atoms with Crippen LogP contribution in [0, 0.1) is 11.8 Å². The van der Waals surface area contributed by atoms with E-state index < -0.39 is 23.6 Å². The first-order valence-corrected chi connectivity index (χ1v) is 12.5. The van der Waals surface area contributed by atoms with E-state index in [9.17, 15) is 14.4 Å². The number of benzene rings is 1. The van der Waals surface area contributed by atoms with Gasteiger partial charge in [-0.2, -0.15) is 0 Å². The Labute approximate surface area is 198 Å². The summed E-state index contributed by atoms with van der Waals surface area (Å²) in [5.41, 5.74) is 0.425. The number of carbonyl (C=O) groups excluding carboxylic acids is 3. The topological polar surface area (TPSA) is 72.9 Å². The van der Waals surface area contributed by atoms with Gasteiger partial charge in [0.1, 0.15) is 12.2 Å². The Morgan fingerprint density at radius 3 is 2.48 bits per heavy atom. The van der Waals surface area contributed by atoms with Gasteiger partial charge in [-0.15, -0.1) is 0 Å². The van der Waals surface area contributed by atoms with Crippen molar-refractivity contribution in [2.75, 3.05) is 6.61 Å². The van der Waals surface area contributed by atoms with Crippen LogP contribution in [0.15, 0.2) is 30.3 Å². The number of hydrogen-bond donors (Lipinski definition) is 0. The van der Waals surface area contributed by atoms with Crippen molar-refractivity contribution in [1.29, 1.82) is 0 Å². The SMILES string of the molecule is CC(C)(C)OC(=O)C[C@@H](CCCC1CCCCC1)C(=O)N1C(=O)OC[C@@H]1Cc1ccccc1. The van der Waals surface area contributed by atoms with Gasteiger partial charge in [-0.1, -0.05) is 75.3 Å². The largest absolute Gasteiger partial charge is 0.460 e. The molecular formula is C27H39NO5. The van der Waals surface area contributed by atoms with Crippen LogP contribution in [0.25, 0.3) is 0 Å². The van der Waals surface area contributed by atoms with E-state index in [-0.39, 0.29) is 25.0 Å². The zero-order valence-corrected chi connectivity index (χ0v) is 20.4. The van der Waals surface area contributed by atoms with Crippen molar-refractivity contribution in [2.45, 2.75) is 96.6 Å². The molecule has 0 radical (unpaired) electrons. The molecule has 0 aromatic heterocycles. The third-order valence-electron chi connectivity index (χ3n) is 6.58. The lowest BCUT2D eigenvalue weighted by Gasteiger charge is -2.27. The van der Waals surface area contributed by atoms with E-state index in [1.54, 1.807) is 0 Å². The Balaban J connectivity index is 1.68. The van der Waals surface area contributed by atoms with Crippen LogP contribution < -0.4 is 0 Å². The van der Waals surface area contributed by atoms with Gasteiger partial charge in [-0.25, -0.2) is 9.69 Å². The molecule has 0 N–H and O–H groups in total. The number of imide groups is 1. The molecule has 1 aliphatic heterocycles. The predicted molar refractivity (Wildman–Crippen MR) is 127 cm³/mol. The molecular weight excluding hydrogens is 418 g/mol. The number of hydrogen-bond acceptors (Lipinski definition) is 5. The number of nitrogens with zero attached hydrogens (tertiary/aromatic N) is 1. The average Bonchev–Trinajstić information content (AvgIpc) is 3.12. The van der Waals surface area contributed by atoms with E-state index in [1.807, 2.05) is 51.1 Å². The summed E-state index contributed by atoms with van der Waals surface area (Å²) in [5.74, 6) is -0.579. The van der Waals surface area contributed by atoms with Crippen LogP contribution in [-0.4, -0.2) is 41.1 Å². The first-order valence-electron chi connectivity index (χ1n) is 12.5. The maximum Gasteiger partial charge on any atom is 0.416 e. The Kier molecular flexibility index (Phi) is 8.93. The van der Waals surface area contributed by atoms with Crippen molar-refractivity contribution < 1.29 is 23.9 Å². The van der Waals surface area contributed by atoms with E-state index in [1.165, 1.54) is 37.0 Å². The molecule has 3 rings (SSSR count). The van der Waals surface area contributed by atoms with Crippen LogP contribution in [0.2, 0.25) is 0 Å². The van der Waals surface area contributed by atoms with Gasteiger partial charge in [0, 0.05) is 5.92 Å². The highest BCUT2D eigenvalue weighted by Crippen LogP contribution is 2.30. The van der Waals surface area contributed by atoms with E-state index in [4.69, 9.17) is 9.47 Å². The molecule has 0 unspecified atom stereocenters. The van der Waals surface area contributed by atoms with Crippen molar-refractivity contribution >= 4 is 18.0 Å². The molecule has 2 aliphatic rings. The van der Waals surface area contributed by atoms with Crippen LogP contribution in [-0.2, 0) is 25.5 Å². The Bertz CT molecular complexity index is 794. The molecule has 1 saturated carbocycles. The van der Waals surface area contributed by atoms with E-state index in [0.717, 1.165) is 18.4 Å². The number of rotatable bonds is 9. The van der Waals surface area contributed by atoms with Gasteiger partial charge < -0.3 is 9.47 Å². The number of cyclic esters (lactones) is 1. The smallest absolute Gasteiger partial charge is 0.416 e. The third kappa shape index (κ3) is 7.86. The Morgan fingerprint density at radius 1 is 1.12 bits per heavy atom. The zero-order chi connectivity index (χ0) is 23.8. The fourth-order valence-electron chi connectivity index (χ4n) is 4.99. The second kappa shape index (κ2) is 11.7. The number of esters is 1. The second-order valence-corrected chi connectivity index (χ2v) is 10.6. The number of ether oxygens (including phenoxy) is 2. The molecule has 1 aliphatic carbocycles. The molecule has 0 bridgehead atoms. The molecule has 33 heavy (non-hydrogen) atoms. The third-order valence-corrected chi connectivity index (χ3v) is 6.58. The maximum atomic E-state index is 13.6. The van der Waals surface area contributed by atoms with Crippen LogP contribution >= 0.6 is 0 Å². The summed E-state index contributed by atoms with van der Waals surface area (Å²) < 4.78 is 10.8. The number of carbonyl (C=O) groups is 3. The van der Waals surface area contributed by atoms with Crippen LogP contribution in [0.4, 0.5) is 4.79 Å². The molecule has 6 heteroatoms. The van der Waals surface area contributed by atoms with Gasteiger partial charge in [0.15, 0.2) is 0 Å². The minimum atomic E-state index is -0.616. The summed E-state index contributed by atoms with van der Waals surface area (Å²) in [6.45, 7) is 5.64. The molecule has 1 aromatic rings. The monoisotopic (exact) mass is 457 g/mol. The Hall–Kier alpha value is -2.37. The average molecular weight is 458 g/mol. The molecule has 2 atom stereocenters. The number of amides is 2. The summed E-state index contributed by atoms with van der Waals surface area (Å²) in [5, 5.41) is 0. The maximum absolute atomic E-state index is 13.6. The molecule has 2 fully saturated rings. The van der Waals surface area contributed by atoms with Gasteiger partial charge >= 0.3 is 12.1 Å². The highest BCUT2D eigenvalue weighted by Gasteiger charge is 2.41. The highest BCUT2D eigenvalue weighted by atomic mass is 16.6. The van der Waals surface area contributed by atoms with E-state index in [2.05, 4.69) is 0 Å². The molecule has 1 saturated heterocycles. The van der Waals surface area contributed by atoms with Crippen LogP contribution in [0.3, 0.4) is 0 Å². The molecule has 1 aromatic carbocycles. The minimum absolute atomic E-state index is 0.0113. The summed E-state index contributed by atoms with van der Waals surface area (Å²) in [6.07, 6.45) is 8.82. The van der Waals surface area contributed by atoms with Crippen molar-refractivity contribution in [3.8, 4) is 0 Å². The summed E-state index contributed by atoms with van der Waals surface area (Å²) in [4.78, 5) is 39.9. The van der Waals surface area contributed by atoms with Crippen molar-refractivity contribution in [3.05, 3.63) is 35.9 Å². The van der Waals surface area contributed by atoms with Crippen molar-refractivity contribution in [2.24, 2.45) is 11.8 Å². The second-order valence-electron chi connectivity index (χ2n) is 10.6. The Morgan fingerprint density at radius 2 is 1.82 bits per heavy atom. The molecule has 182 valence electrons.